The number of rotatable bonds is 3. The Morgan fingerprint density at radius 3 is 2.38 bits per heavy atom. The molecule has 0 spiro atoms. The Morgan fingerprint density at radius 1 is 1.19 bits per heavy atom. The highest BCUT2D eigenvalue weighted by Gasteiger charge is 2.24. The second-order valence-corrected chi connectivity index (χ2v) is 9.28. The summed E-state index contributed by atoms with van der Waals surface area (Å²) in [6.07, 6.45) is 0. The van der Waals surface area contributed by atoms with Gasteiger partial charge in [0.1, 0.15) is 0 Å². The van der Waals surface area contributed by atoms with Crippen molar-refractivity contribution in [3.05, 3.63) is 29.3 Å². The molecule has 0 saturated carbocycles. The minimum atomic E-state index is 0.152. The van der Waals surface area contributed by atoms with E-state index < -0.39 is 0 Å². The second-order valence-electron chi connectivity index (χ2n) is 7.40. The molecule has 21 heavy (non-hydrogen) atoms. The molecule has 3 heteroatoms. The van der Waals surface area contributed by atoms with Gasteiger partial charge in [-0.05, 0) is 39.3 Å². The third-order valence-corrected chi connectivity index (χ3v) is 5.03. The summed E-state index contributed by atoms with van der Waals surface area (Å²) < 4.78 is 0. The van der Waals surface area contributed by atoms with Crippen LogP contribution in [0.5, 0.6) is 0 Å². The van der Waals surface area contributed by atoms with E-state index in [1.165, 1.54) is 16.8 Å². The van der Waals surface area contributed by atoms with Gasteiger partial charge in [0.25, 0.3) is 0 Å². The number of hydrogen-bond acceptors (Lipinski definition) is 3. The molecule has 1 fully saturated rings. The molecule has 2 atom stereocenters. The van der Waals surface area contributed by atoms with E-state index in [9.17, 15) is 0 Å². The Kier molecular flexibility index (Phi) is 5.26. The van der Waals surface area contributed by atoms with Crippen molar-refractivity contribution in [3.8, 4) is 0 Å². The molecule has 1 aromatic rings. The first-order valence-corrected chi connectivity index (χ1v) is 8.94. The van der Waals surface area contributed by atoms with E-state index >= 15 is 0 Å². The fourth-order valence-electron chi connectivity index (χ4n) is 2.90. The minimum Gasteiger partial charge on any atom is -0.369 e. The van der Waals surface area contributed by atoms with Crippen molar-refractivity contribution >= 4 is 17.4 Å². The van der Waals surface area contributed by atoms with Gasteiger partial charge in [-0.2, -0.15) is 11.8 Å². The number of aryl methyl sites for hydroxylation is 1. The number of nitrogens with zero attached hydrogens (tertiary/aromatic N) is 1. The largest absolute Gasteiger partial charge is 0.369 e. The van der Waals surface area contributed by atoms with Crippen LogP contribution >= 0.6 is 11.8 Å². The van der Waals surface area contributed by atoms with E-state index in [-0.39, 0.29) is 5.54 Å². The highest BCUT2D eigenvalue weighted by Crippen LogP contribution is 2.31. The van der Waals surface area contributed by atoms with Gasteiger partial charge in [-0.15, -0.1) is 0 Å². The Hall–Kier alpha value is -0.670. The van der Waals surface area contributed by atoms with Crippen molar-refractivity contribution in [2.45, 2.75) is 64.1 Å². The topological polar surface area (TPSA) is 15.3 Å². The molecular formula is C18H30N2S. The summed E-state index contributed by atoms with van der Waals surface area (Å²) in [4.78, 5) is 2.57. The molecule has 2 unspecified atom stereocenters. The molecule has 1 aliphatic rings. The molecule has 2 rings (SSSR count). The summed E-state index contributed by atoms with van der Waals surface area (Å²) in [6.45, 7) is 16.8. The summed E-state index contributed by atoms with van der Waals surface area (Å²) >= 11 is 2.11. The molecule has 0 bridgehead atoms. The third-order valence-electron chi connectivity index (χ3n) is 3.80. The smallest absolute Gasteiger partial charge is 0.0412 e. The van der Waals surface area contributed by atoms with Crippen LogP contribution < -0.4 is 10.2 Å². The lowest BCUT2D eigenvalue weighted by molar-refractivity contribution is 0.424. The van der Waals surface area contributed by atoms with Gasteiger partial charge in [0.2, 0.25) is 0 Å². The van der Waals surface area contributed by atoms with E-state index in [1.54, 1.807) is 0 Å². The van der Waals surface area contributed by atoms with Gasteiger partial charge in [-0.3, -0.25) is 0 Å². The van der Waals surface area contributed by atoms with E-state index in [4.69, 9.17) is 0 Å². The molecule has 1 saturated heterocycles. The van der Waals surface area contributed by atoms with Crippen molar-refractivity contribution in [3.63, 3.8) is 0 Å². The number of anilines is 1. The van der Waals surface area contributed by atoms with Crippen LogP contribution in [0.4, 0.5) is 5.69 Å². The Morgan fingerprint density at radius 2 is 1.81 bits per heavy atom. The summed E-state index contributed by atoms with van der Waals surface area (Å²) in [5, 5.41) is 5.05. The minimum absolute atomic E-state index is 0.152. The van der Waals surface area contributed by atoms with Crippen LogP contribution in [0.1, 0.15) is 45.7 Å². The SMILES string of the molecule is Cc1ccc(N2CC(C)SC(C)C2)c(CNC(C)(C)C)c1. The highest BCUT2D eigenvalue weighted by atomic mass is 32.2. The fourth-order valence-corrected chi connectivity index (χ4v) is 4.22. The molecule has 1 aromatic carbocycles. The molecule has 2 nitrogen and oxygen atoms in total. The van der Waals surface area contributed by atoms with E-state index in [0.717, 1.165) is 19.6 Å². The van der Waals surface area contributed by atoms with Gasteiger partial charge in [0.05, 0.1) is 0 Å². The van der Waals surface area contributed by atoms with Crippen molar-refractivity contribution in [2.75, 3.05) is 18.0 Å². The number of thioether (sulfide) groups is 1. The predicted octanol–water partition coefficient (Wildman–Crippen LogP) is 4.21. The molecule has 1 N–H and O–H groups in total. The zero-order valence-corrected chi connectivity index (χ0v) is 15.2. The van der Waals surface area contributed by atoms with Gasteiger partial charge in [0, 0.05) is 41.4 Å². The van der Waals surface area contributed by atoms with Crippen molar-refractivity contribution in [1.82, 2.24) is 5.32 Å². The Balaban J connectivity index is 2.21. The lowest BCUT2D eigenvalue weighted by Gasteiger charge is -2.37. The average molecular weight is 307 g/mol. The van der Waals surface area contributed by atoms with Crippen LogP contribution in [0.2, 0.25) is 0 Å². The summed E-state index contributed by atoms with van der Waals surface area (Å²) in [5.74, 6) is 0. The maximum absolute atomic E-state index is 3.64. The van der Waals surface area contributed by atoms with Crippen LogP contribution in [-0.4, -0.2) is 29.1 Å². The molecule has 0 radical (unpaired) electrons. The first-order chi connectivity index (χ1) is 9.74. The van der Waals surface area contributed by atoms with E-state index in [2.05, 4.69) is 81.7 Å². The van der Waals surface area contributed by atoms with Crippen molar-refractivity contribution in [2.24, 2.45) is 0 Å². The van der Waals surface area contributed by atoms with Gasteiger partial charge < -0.3 is 10.2 Å². The highest BCUT2D eigenvalue weighted by molar-refractivity contribution is 8.00. The standard InChI is InChI=1S/C18H30N2S/c1-13-7-8-17(16(9-13)10-19-18(4,5)6)20-11-14(2)21-15(3)12-20/h7-9,14-15,19H,10-12H2,1-6H3. The predicted molar refractivity (Wildman–Crippen MR) is 96.5 cm³/mol. The summed E-state index contributed by atoms with van der Waals surface area (Å²) in [5.41, 5.74) is 4.34. The van der Waals surface area contributed by atoms with Crippen molar-refractivity contribution in [1.29, 1.82) is 0 Å². The Labute approximate surface area is 134 Å². The van der Waals surface area contributed by atoms with E-state index in [1.807, 2.05) is 0 Å². The third kappa shape index (κ3) is 4.93. The van der Waals surface area contributed by atoms with Gasteiger partial charge in [-0.1, -0.05) is 31.5 Å². The fraction of sp³-hybridized carbons (Fsp3) is 0.667. The van der Waals surface area contributed by atoms with Crippen LogP contribution in [0.15, 0.2) is 18.2 Å². The van der Waals surface area contributed by atoms with Gasteiger partial charge in [0.15, 0.2) is 0 Å². The van der Waals surface area contributed by atoms with Crippen LogP contribution in [0.3, 0.4) is 0 Å². The van der Waals surface area contributed by atoms with Gasteiger partial charge >= 0.3 is 0 Å². The van der Waals surface area contributed by atoms with Crippen LogP contribution in [-0.2, 0) is 6.54 Å². The molecule has 0 aliphatic carbocycles. The Bertz CT molecular complexity index is 469. The van der Waals surface area contributed by atoms with Crippen molar-refractivity contribution < 1.29 is 0 Å². The molecule has 1 heterocycles. The lowest BCUT2D eigenvalue weighted by Crippen LogP contribution is -2.41. The zero-order chi connectivity index (χ0) is 15.6. The average Bonchev–Trinajstić information content (AvgIpc) is 2.34. The number of benzene rings is 1. The first-order valence-electron chi connectivity index (χ1n) is 7.99. The second kappa shape index (κ2) is 6.62. The summed E-state index contributed by atoms with van der Waals surface area (Å²) in [7, 11) is 0. The maximum atomic E-state index is 3.64. The summed E-state index contributed by atoms with van der Waals surface area (Å²) in [6, 6.07) is 6.89. The number of hydrogen-bond donors (Lipinski definition) is 1. The van der Waals surface area contributed by atoms with Crippen LogP contribution in [0, 0.1) is 6.92 Å². The maximum Gasteiger partial charge on any atom is 0.0412 e. The number of nitrogens with one attached hydrogen (secondary N) is 1. The van der Waals surface area contributed by atoms with E-state index in [0.29, 0.717) is 10.5 Å². The molecule has 0 aromatic heterocycles. The van der Waals surface area contributed by atoms with Crippen LogP contribution in [0.25, 0.3) is 0 Å². The zero-order valence-electron chi connectivity index (χ0n) is 14.4. The monoisotopic (exact) mass is 306 g/mol. The normalized spacial score (nSPS) is 23.4. The van der Waals surface area contributed by atoms with Gasteiger partial charge in [-0.25, -0.2) is 0 Å². The molecule has 1 aliphatic heterocycles. The molecule has 0 amide bonds. The first kappa shape index (κ1) is 16.7. The lowest BCUT2D eigenvalue weighted by atomic mass is 10.0. The molecular weight excluding hydrogens is 276 g/mol. The molecule has 118 valence electrons. The quantitative estimate of drug-likeness (QED) is 0.900.